The van der Waals surface area contributed by atoms with Crippen molar-refractivity contribution in [2.45, 2.75) is 6.92 Å². The van der Waals surface area contributed by atoms with Crippen molar-refractivity contribution in [1.82, 2.24) is 4.90 Å². The topological polar surface area (TPSA) is 46.6 Å². The maximum Gasteiger partial charge on any atom is 0.233 e. The Balaban J connectivity index is 2.48. The normalized spacial score (nSPS) is 16.4. The molecular weight excluding hydrogens is 202 g/mol. The van der Waals surface area contributed by atoms with Gasteiger partial charge >= 0.3 is 0 Å². The zero-order valence-corrected chi connectivity index (χ0v) is 8.93. The number of rotatable bonds is 4. The SMILES string of the molecule is CCOC(=C=O)CN1CCSCC1=O. The molecule has 1 fully saturated rings. The summed E-state index contributed by atoms with van der Waals surface area (Å²) in [5.74, 6) is 3.41. The molecule has 14 heavy (non-hydrogen) atoms. The summed E-state index contributed by atoms with van der Waals surface area (Å²) in [4.78, 5) is 23.4. The van der Waals surface area contributed by atoms with Gasteiger partial charge in [0.2, 0.25) is 5.91 Å². The highest BCUT2D eigenvalue weighted by Crippen LogP contribution is 2.11. The van der Waals surface area contributed by atoms with Crippen molar-refractivity contribution >= 4 is 23.6 Å². The van der Waals surface area contributed by atoms with Gasteiger partial charge in [-0.15, -0.1) is 0 Å². The first-order valence-electron chi connectivity index (χ1n) is 4.50. The van der Waals surface area contributed by atoms with Gasteiger partial charge in [0.15, 0.2) is 11.7 Å². The van der Waals surface area contributed by atoms with Gasteiger partial charge in [-0.25, -0.2) is 4.79 Å². The third kappa shape index (κ3) is 3.09. The summed E-state index contributed by atoms with van der Waals surface area (Å²) in [6.07, 6.45) is 0. The molecule has 0 aromatic carbocycles. The number of hydrogen-bond acceptors (Lipinski definition) is 4. The Morgan fingerprint density at radius 1 is 1.71 bits per heavy atom. The van der Waals surface area contributed by atoms with Crippen LogP contribution >= 0.6 is 11.8 Å². The van der Waals surface area contributed by atoms with Gasteiger partial charge in [-0.05, 0) is 6.92 Å². The number of hydrogen-bond donors (Lipinski definition) is 0. The predicted molar refractivity (Wildman–Crippen MR) is 54.7 cm³/mol. The molecule has 0 aromatic rings. The molecule has 0 saturated carbocycles. The lowest BCUT2D eigenvalue weighted by atomic mass is 10.4. The van der Waals surface area contributed by atoms with Crippen LogP contribution in [0, 0.1) is 0 Å². The fourth-order valence-electron chi connectivity index (χ4n) is 1.17. The number of amides is 1. The zero-order chi connectivity index (χ0) is 10.4. The van der Waals surface area contributed by atoms with Gasteiger partial charge in [-0.1, -0.05) is 0 Å². The van der Waals surface area contributed by atoms with Crippen LogP contribution in [0.5, 0.6) is 0 Å². The lowest BCUT2D eigenvalue weighted by molar-refractivity contribution is -0.128. The Labute approximate surface area is 87.3 Å². The van der Waals surface area contributed by atoms with Gasteiger partial charge in [0.25, 0.3) is 0 Å². The highest BCUT2D eigenvalue weighted by Gasteiger charge is 2.19. The third-order valence-corrected chi connectivity index (χ3v) is 2.77. The average molecular weight is 215 g/mol. The van der Waals surface area contributed by atoms with Gasteiger partial charge in [-0.2, -0.15) is 11.8 Å². The van der Waals surface area contributed by atoms with Crippen molar-refractivity contribution in [1.29, 1.82) is 0 Å². The molecule has 0 aliphatic carbocycles. The summed E-state index contributed by atoms with van der Waals surface area (Å²) in [6, 6.07) is 0. The summed E-state index contributed by atoms with van der Waals surface area (Å²) in [6.45, 7) is 3.17. The molecule has 0 unspecified atom stereocenters. The smallest absolute Gasteiger partial charge is 0.233 e. The molecule has 1 rings (SSSR count). The molecule has 1 aliphatic rings. The third-order valence-electron chi connectivity index (χ3n) is 1.85. The first kappa shape index (κ1) is 11.1. The molecule has 1 amide bonds. The highest BCUT2D eigenvalue weighted by molar-refractivity contribution is 8.00. The second-order valence-electron chi connectivity index (χ2n) is 2.83. The molecular formula is C9H13NO3S. The number of ether oxygens (including phenoxy) is 1. The van der Waals surface area contributed by atoms with Gasteiger partial charge < -0.3 is 9.64 Å². The molecule has 78 valence electrons. The molecule has 0 radical (unpaired) electrons. The first-order chi connectivity index (χ1) is 6.77. The molecule has 0 atom stereocenters. The van der Waals surface area contributed by atoms with Gasteiger partial charge in [0.1, 0.15) is 0 Å². The summed E-state index contributed by atoms with van der Waals surface area (Å²) >= 11 is 1.61. The van der Waals surface area contributed by atoms with Crippen molar-refractivity contribution in [2.75, 3.05) is 31.2 Å². The van der Waals surface area contributed by atoms with E-state index in [1.165, 1.54) is 0 Å². The van der Waals surface area contributed by atoms with Gasteiger partial charge in [0.05, 0.1) is 18.9 Å². The standard InChI is InChI=1S/C9H13NO3S/c1-2-13-8(6-11)5-10-3-4-14-7-9(10)12/h2-5,7H2,1H3. The van der Waals surface area contributed by atoms with E-state index in [9.17, 15) is 9.59 Å². The largest absolute Gasteiger partial charge is 0.485 e. The van der Waals surface area contributed by atoms with E-state index in [2.05, 4.69) is 0 Å². The van der Waals surface area contributed by atoms with Crippen molar-refractivity contribution < 1.29 is 14.3 Å². The van der Waals surface area contributed by atoms with Crippen LogP contribution in [0.25, 0.3) is 0 Å². The minimum Gasteiger partial charge on any atom is -0.485 e. The van der Waals surface area contributed by atoms with Crippen LogP contribution in [0.4, 0.5) is 0 Å². The first-order valence-corrected chi connectivity index (χ1v) is 5.65. The van der Waals surface area contributed by atoms with Crippen LogP contribution in [-0.2, 0) is 14.3 Å². The molecule has 0 spiro atoms. The average Bonchev–Trinajstić information content (AvgIpc) is 2.20. The lowest BCUT2D eigenvalue weighted by Crippen LogP contribution is -2.39. The Kier molecular flexibility index (Phi) is 4.56. The Morgan fingerprint density at radius 3 is 3.07 bits per heavy atom. The van der Waals surface area contributed by atoms with Crippen molar-refractivity contribution in [2.24, 2.45) is 0 Å². The van der Waals surface area contributed by atoms with Crippen molar-refractivity contribution in [3.05, 3.63) is 5.76 Å². The van der Waals surface area contributed by atoms with Crippen LogP contribution < -0.4 is 0 Å². The molecule has 4 nitrogen and oxygen atoms in total. The molecule has 5 heteroatoms. The minimum absolute atomic E-state index is 0.0636. The van der Waals surface area contributed by atoms with Crippen LogP contribution in [0.3, 0.4) is 0 Å². The van der Waals surface area contributed by atoms with E-state index < -0.39 is 0 Å². The van der Waals surface area contributed by atoms with E-state index in [4.69, 9.17) is 4.74 Å². The van der Waals surface area contributed by atoms with E-state index >= 15 is 0 Å². The summed E-state index contributed by atoms with van der Waals surface area (Å²) in [5, 5.41) is 0. The quantitative estimate of drug-likeness (QED) is 0.500. The summed E-state index contributed by atoms with van der Waals surface area (Å²) in [7, 11) is 0. The number of carbonyl (C=O) groups excluding carboxylic acids is 2. The van der Waals surface area contributed by atoms with Crippen molar-refractivity contribution in [3.63, 3.8) is 0 Å². The number of thioether (sulfide) groups is 1. The van der Waals surface area contributed by atoms with E-state index in [1.807, 2.05) is 0 Å². The van der Waals surface area contributed by atoms with Crippen molar-refractivity contribution in [3.8, 4) is 0 Å². The van der Waals surface area contributed by atoms with E-state index in [1.54, 1.807) is 29.5 Å². The van der Waals surface area contributed by atoms with Gasteiger partial charge in [-0.3, -0.25) is 4.79 Å². The molecule has 0 bridgehead atoms. The van der Waals surface area contributed by atoms with E-state index in [0.29, 0.717) is 18.9 Å². The second kappa shape index (κ2) is 5.73. The van der Waals surface area contributed by atoms with E-state index in [-0.39, 0.29) is 18.2 Å². The van der Waals surface area contributed by atoms with Crippen LogP contribution in [0.2, 0.25) is 0 Å². The van der Waals surface area contributed by atoms with Gasteiger partial charge in [0, 0.05) is 12.3 Å². The molecule has 1 heterocycles. The summed E-state index contributed by atoms with van der Waals surface area (Å²) < 4.78 is 5.03. The maximum atomic E-state index is 11.4. The Hall–Kier alpha value is -0.930. The number of nitrogens with zero attached hydrogens (tertiary/aromatic N) is 1. The fraction of sp³-hybridized carbons (Fsp3) is 0.667. The molecule has 0 N–H and O–H groups in total. The van der Waals surface area contributed by atoms with E-state index in [0.717, 1.165) is 5.75 Å². The molecule has 0 aromatic heterocycles. The second-order valence-corrected chi connectivity index (χ2v) is 3.93. The summed E-state index contributed by atoms with van der Waals surface area (Å²) in [5.41, 5.74) is 0. The number of carbonyl (C=O) groups is 1. The fourth-order valence-corrected chi connectivity index (χ4v) is 2.02. The van der Waals surface area contributed by atoms with Crippen LogP contribution in [0.1, 0.15) is 6.92 Å². The molecule has 1 saturated heterocycles. The molecule has 1 aliphatic heterocycles. The van der Waals surface area contributed by atoms with Crippen LogP contribution in [-0.4, -0.2) is 48.0 Å². The maximum absolute atomic E-state index is 11.4. The predicted octanol–water partition coefficient (Wildman–Crippen LogP) is 0.314. The lowest BCUT2D eigenvalue weighted by Gasteiger charge is -2.26. The zero-order valence-electron chi connectivity index (χ0n) is 8.12. The minimum atomic E-state index is 0.0636. The Bertz CT molecular complexity index is 261. The van der Waals surface area contributed by atoms with Crippen LogP contribution in [0.15, 0.2) is 5.76 Å². The Morgan fingerprint density at radius 2 is 2.50 bits per heavy atom. The highest BCUT2D eigenvalue weighted by atomic mass is 32.2. The monoisotopic (exact) mass is 215 g/mol.